The molecule has 1 aliphatic heterocycles. The van der Waals surface area contributed by atoms with Gasteiger partial charge in [0.2, 0.25) is 6.04 Å². The largest absolute Gasteiger partial charge is 0.467 e. The predicted molar refractivity (Wildman–Crippen MR) is 64.8 cm³/mol. The molecule has 0 bridgehead atoms. The summed E-state index contributed by atoms with van der Waals surface area (Å²) in [6.07, 6.45) is 0. The Balaban J connectivity index is 2.47. The Hall–Kier alpha value is -2.70. The molecular formula is C13H11NO6. The van der Waals surface area contributed by atoms with Gasteiger partial charge in [0, 0.05) is 0 Å². The van der Waals surface area contributed by atoms with Crippen molar-refractivity contribution in [2.45, 2.75) is 6.04 Å². The third-order valence-electron chi connectivity index (χ3n) is 2.93. The molecular weight excluding hydrogens is 266 g/mol. The number of nitrogens with zero attached hydrogens (tertiary/aromatic N) is 1. The van der Waals surface area contributed by atoms with Crippen LogP contribution in [0.4, 0.5) is 0 Å². The van der Waals surface area contributed by atoms with Crippen LogP contribution in [0.15, 0.2) is 24.3 Å². The molecule has 1 heterocycles. The molecule has 7 nitrogen and oxygen atoms in total. The average Bonchev–Trinajstić information content (AvgIpc) is 2.72. The Kier molecular flexibility index (Phi) is 3.51. The van der Waals surface area contributed by atoms with Crippen molar-refractivity contribution in [3.63, 3.8) is 0 Å². The molecule has 0 aliphatic carbocycles. The summed E-state index contributed by atoms with van der Waals surface area (Å²) in [5, 5.41) is 0. The van der Waals surface area contributed by atoms with Gasteiger partial charge in [0.15, 0.2) is 0 Å². The van der Waals surface area contributed by atoms with Crippen LogP contribution in [-0.2, 0) is 19.1 Å². The third kappa shape index (κ3) is 1.93. The first kappa shape index (κ1) is 13.7. The van der Waals surface area contributed by atoms with Crippen LogP contribution < -0.4 is 0 Å². The second-order valence-electron chi connectivity index (χ2n) is 3.97. The molecule has 7 heteroatoms. The van der Waals surface area contributed by atoms with Crippen molar-refractivity contribution in [3.8, 4) is 0 Å². The number of fused-ring (bicyclic) bond motifs is 1. The summed E-state index contributed by atoms with van der Waals surface area (Å²) in [7, 11) is 2.10. The summed E-state index contributed by atoms with van der Waals surface area (Å²) in [5.41, 5.74) is 0.269. The first-order valence-electron chi connectivity index (χ1n) is 5.65. The summed E-state index contributed by atoms with van der Waals surface area (Å²) >= 11 is 0. The number of carbonyl (C=O) groups is 4. The Labute approximate surface area is 114 Å². The fourth-order valence-corrected chi connectivity index (χ4v) is 1.97. The standard InChI is InChI=1S/C13H11NO6/c1-19-12(17)9(13(18)20-2)14-10(15)7-5-3-4-6-8(7)11(14)16/h3-6,9H,1-2H3. The van der Waals surface area contributed by atoms with E-state index in [0.29, 0.717) is 4.90 Å². The van der Waals surface area contributed by atoms with Gasteiger partial charge in [0.1, 0.15) is 0 Å². The number of amides is 2. The molecule has 2 rings (SSSR count). The van der Waals surface area contributed by atoms with Crippen molar-refractivity contribution in [3.05, 3.63) is 35.4 Å². The number of rotatable bonds is 3. The van der Waals surface area contributed by atoms with E-state index in [9.17, 15) is 19.2 Å². The Morgan fingerprint density at radius 3 is 1.70 bits per heavy atom. The Bertz CT molecular complexity index is 558. The molecule has 0 spiro atoms. The van der Waals surface area contributed by atoms with Crippen LogP contribution in [-0.4, -0.2) is 48.9 Å². The van der Waals surface area contributed by atoms with Gasteiger partial charge in [-0.2, -0.15) is 0 Å². The summed E-state index contributed by atoms with van der Waals surface area (Å²) in [4.78, 5) is 48.3. The van der Waals surface area contributed by atoms with E-state index in [1.165, 1.54) is 12.1 Å². The number of methoxy groups -OCH3 is 2. The number of ether oxygens (including phenoxy) is 2. The van der Waals surface area contributed by atoms with Crippen LogP contribution in [0.1, 0.15) is 20.7 Å². The van der Waals surface area contributed by atoms with Gasteiger partial charge in [-0.1, -0.05) is 12.1 Å². The number of carbonyl (C=O) groups excluding carboxylic acids is 4. The van der Waals surface area contributed by atoms with Crippen LogP contribution >= 0.6 is 0 Å². The zero-order valence-electron chi connectivity index (χ0n) is 10.8. The molecule has 0 saturated carbocycles. The Morgan fingerprint density at radius 1 is 0.950 bits per heavy atom. The second-order valence-corrected chi connectivity index (χ2v) is 3.97. The highest BCUT2D eigenvalue weighted by molar-refractivity contribution is 6.25. The monoisotopic (exact) mass is 277 g/mol. The highest BCUT2D eigenvalue weighted by Crippen LogP contribution is 2.25. The van der Waals surface area contributed by atoms with Crippen molar-refractivity contribution in [1.82, 2.24) is 4.90 Å². The van der Waals surface area contributed by atoms with Crippen LogP contribution in [0, 0.1) is 0 Å². The van der Waals surface area contributed by atoms with Gasteiger partial charge in [-0.3, -0.25) is 9.59 Å². The maximum Gasteiger partial charge on any atom is 0.340 e. The van der Waals surface area contributed by atoms with Crippen LogP contribution in [0.2, 0.25) is 0 Å². The minimum Gasteiger partial charge on any atom is -0.467 e. The second kappa shape index (κ2) is 5.12. The normalized spacial score (nSPS) is 13.4. The van der Waals surface area contributed by atoms with E-state index in [0.717, 1.165) is 14.2 Å². The maximum absolute atomic E-state index is 12.2. The minimum atomic E-state index is -1.74. The molecule has 1 aliphatic rings. The van der Waals surface area contributed by atoms with Gasteiger partial charge in [-0.25, -0.2) is 14.5 Å². The lowest BCUT2D eigenvalue weighted by atomic mass is 10.1. The molecule has 0 N–H and O–H groups in total. The van der Waals surface area contributed by atoms with Crippen LogP contribution in [0.5, 0.6) is 0 Å². The summed E-state index contributed by atoms with van der Waals surface area (Å²) in [6, 6.07) is 4.32. The minimum absolute atomic E-state index is 0.135. The van der Waals surface area contributed by atoms with Crippen molar-refractivity contribution in [2.75, 3.05) is 14.2 Å². The highest BCUT2D eigenvalue weighted by atomic mass is 16.5. The highest BCUT2D eigenvalue weighted by Gasteiger charge is 2.47. The van der Waals surface area contributed by atoms with Crippen molar-refractivity contribution in [1.29, 1.82) is 0 Å². The molecule has 0 saturated heterocycles. The van der Waals surface area contributed by atoms with E-state index in [1.807, 2.05) is 0 Å². The number of esters is 2. The van der Waals surface area contributed by atoms with E-state index >= 15 is 0 Å². The van der Waals surface area contributed by atoms with E-state index < -0.39 is 29.8 Å². The zero-order valence-corrected chi connectivity index (χ0v) is 10.8. The number of benzene rings is 1. The van der Waals surface area contributed by atoms with E-state index in [4.69, 9.17) is 0 Å². The van der Waals surface area contributed by atoms with Gasteiger partial charge < -0.3 is 9.47 Å². The molecule has 1 aromatic carbocycles. The van der Waals surface area contributed by atoms with Gasteiger partial charge >= 0.3 is 11.9 Å². The van der Waals surface area contributed by atoms with Crippen LogP contribution in [0.25, 0.3) is 0 Å². The zero-order chi connectivity index (χ0) is 14.9. The quantitative estimate of drug-likeness (QED) is 0.439. The fraction of sp³-hybridized carbons (Fsp3) is 0.231. The molecule has 0 atom stereocenters. The lowest BCUT2D eigenvalue weighted by molar-refractivity contribution is -0.158. The van der Waals surface area contributed by atoms with E-state index in [2.05, 4.69) is 9.47 Å². The van der Waals surface area contributed by atoms with Crippen molar-refractivity contribution < 1.29 is 28.7 Å². The molecule has 0 fully saturated rings. The number of hydrogen-bond acceptors (Lipinski definition) is 6. The number of hydrogen-bond donors (Lipinski definition) is 0. The summed E-state index contributed by atoms with van der Waals surface area (Å²) in [5.74, 6) is -3.53. The Morgan fingerprint density at radius 2 is 1.35 bits per heavy atom. The predicted octanol–water partition coefficient (Wildman–Crippen LogP) is -0.00280. The number of imide groups is 1. The topological polar surface area (TPSA) is 90.0 Å². The molecule has 104 valence electrons. The molecule has 0 radical (unpaired) electrons. The van der Waals surface area contributed by atoms with E-state index in [-0.39, 0.29) is 11.1 Å². The van der Waals surface area contributed by atoms with Crippen LogP contribution in [0.3, 0.4) is 0 Å². The third-order valence-corrected chi connectivity index (χ3v) is 2.93. The summed E-state index contributed by atoms with van der Waals surface area (Å²) < 4.78 is 8.91. The molecule has 1 aromatic rings. The summed E-state index contributed by atoms with van der Waals surface area (Å²) in [6.45, 7) is 0. The average molecular weight is 277 g/mol. The SMILES string of the molecule is COC(=O)C(C(=O)OC)N1C(=O)c2ccccc2C1=O. The molecule has 0 aromatic heterocycles. The van der Waals surface area contributed by atoms with Gasteiger partial charge in [0.05, 0.1) is 25.3 Å². The first-order valence-corrected chi connectivity index (χ1v) is 5.65. The van der Waals surface area contributed by atoms with Gasteiger partial charge in [-0.15, -0.1) is 0 Å². The van der Waals surface area contributed by atoms with E-state index in [1.54, 1.807) is 12.1 Å². The van der Waals surface area contributed by atoms with Crippen molar-refractivity contribution in [2.24, 2.45) is 0 Å². The fourth-order valence-electron chi connectivity index (χ4n) is 1.97. The molecule has 2 amide bonds. The first-order chi connectivity index (χ1) is 9.52. The lowest BCUT2D eigenvalue weighted by Gasteiger charge is -2.21. The van der Waals surface area contributed by atoms with Crippen molar-refractivity contribution >= 4 is 23.8 Å². The molecule has 20 heavy (non-hydrogen) atoms. The lowest BCUT2D eigenvalue weighted by Crippen LogP contribution is -2.50. The smallest absolute Gasteiger partial charge is 0.340 e. The maximum atomic E-state index is 12.2. The van der Waals surface area contributed by atoms with Gasteiger partial charge in [-0.05, 0) is 12.1 Å². The molecule has 0 unspecified atom stereocenters. The van der Waals surface area contributed by atoms with Gasteiger partial charge in [0.25, 0.3) is 11.8 Å².